The molecule has 0 N–H and O–H groups in total. The van der Waals surface area contributed by atoms with E-state index in [0.29, 0.717) is 0 Å². The summed E-state index contributed by atoms with van der Waals surface area (Å²) in [6, 6.07) is 29.9. The van der Waals surface area contributed by atoms with Crippen LogP contribution in [0.5, 0.6) is 0 Å². The largest absolute Gasteiger partial charge is 0.260 e. The molecule has 4 aromatic rings. The van der Waals surface area contributed by atoms with E-state index in [-0.39, 0.29) is 5.92 Å². The molecule has 0 spiro atoms. The molecule has 1 nitrogen and oxygen atoms in total. The lowest BCUT2D eigenvalue weighted by Crippen LogP contribution is -2.00. The fraction of sp³-hybridized carbons (Fsp3) is 0.0870. The number of rotatable bonds is 3. The van der Waals surface area contributed by atoms with Crippen LogP contribution in [0.1, 0.15) is 24.1 Å². The summed E-state index contributed by atoms with van der Waals surface area (Å²) >= 11 is 0. The summed E-state index contributed by atoms with van der Waals surface area (Å²) in [4.78, 5) is 4.66. The van der Waals surface area contributed by atoms with Gasteiger partial charge >= 0.3 is 0 Å². The quantitative estimate of drug-likeness (QED) is 0.448. The molecule has 0 amide bonds. The van der Waals surface area contributed by atoms with Gasteiger partial charge in [-0.2, -0.15) is 0 Å². The highest BCUT2D eigenvalue weighted by atomic mass is 14.7. The van der Waals surface area contributed by atoms with Gasteiger partial charge in [0.15, 0.2) is 0 Å². The Bertz CT molecular complexity index is 951. The topological polar surface area (TPSA) is 12.9 Å². The molecule has 1 heterocycles. The molecule has 24 heavy (non-hydrogen) atoms. The Balaban J connectivity index is 1.70. The van der Waals surface area contributed by atoms with Crippen molar-refractivity contribution in [3.63, 3.8) is 0 Å². The molecule has 0 aliphatic rings. The highest BCUT2D eigenvalue weighted by Crippen LogP contribution is 2.30. The van der Waals surface area contributed by atoms with Gasteiger partial charge < -0.3 is 0 Å². The van der Waals surface area contributed by atoms with Crippen LogP contribution in [-0.4, -0.2) is 4.98 Å². The van der Waals surface area contributed by atoms with Gasteiger partial charge in [-0.1, -0.05) is 85.8 Å². The fourth-order valence-electron chi connectivity index (χ4n) is 3.24. The third-order valence-electron chi connectivity index (χ3n) is 4.63. The second kappa shape index (κ2) is 6.29. The van der Waals surface area contributed by atoms with Crippen molar-refractivity contribution in [3.8, 4) is 11.1 Å². The summed E-state index contributed by atoms with van der Waals surface area (Å²) in [6.45, 7) is 2.23. The molecule has 0 radical (unpaired) electrons. The van der Waals surface area contributed by atoms with Crippen molar-refractivity contribution in [3.05, 3.63) is 102 Å². The molecule has 0 bridgehead atoms. The van der Waals surface area contributed by atoms with Gasteiger partial charge in [-0.3, -0.25) is 4.98 Å². The predicted octanol–water partition coefficient (Wildman–Crippen LogP) is 6.05. The van der Waals surface area contributed by atoms with Crippen molar-refractivity contribution >= 4 is 10.8 Å². The van der Waals surface area contributed by atoms with Crippen LogP contribution in [0.4, 0.5) is 0 Å². The predicted molar refractivity (Wildman–Crippen MR) is 101 cm³/mol. The van der Waals surface area contributed by atoms with Gasteiger partial charge in [0, 0.05) is 17.5 Å². The average Bonchev–Trinajstić information content (AvgIpc) is 2.68. The Morgan fingerprint density at radius 2 is 1.33 bits per heavy atom. The summed E-state index contributed by atoms with van der Waals surface area (Å²) in [6.07, 6.45) is 1.91. The summed E-state index contributed by atoms with van der Waals surface area (Å²) in [5, 5.41) is 2.48. The van der Waals surface area contributed by atoms with E-state index in [9.17, 15) is 0 Å². The first-order valence-corrected chi connectivity index (χ1v) is 8.32. The molecule has 1 unspecified atom stereocenters. The van der Waals surface area contributed by atoms with Crippen molar-refractivity contribution in [2.45, 2.75) is 12.8 Å². The first-order chi connectivity index (χ1) is 11.8. The standard InChI is InChI=1S/C23H19N/c1-17(23-22-10-6-5-9-21(22)15-16-24-23)18-11-13-20(14-12-18)19-7-3-2-4-8-19/h2-17H,1H3. The number of hydrogen-bond donors (Lipinski definition) is 0. The van der Waals surface area contributed by atoms with Gasteiger partial charge in [0.25, 0.3) is 0 Å². The second-order valence-electron chi connectivity index (χ2n) is 6.13. The third kappa shape index (κ3) is 2.69. The Kier molecular flexibility index (Phi) is 3.84. The maximum atomic E-state index is 4.66. The van der Waals surface area contributed by atoms with Gasteiger partial charge in [-0.05, 0) is 28.1 Å². The van der Waals surface area contributed by atoms with Gasteiger partial charge in [0.2, 0.25) is 0 Å². The molecule has 0 saturated carbocycles. The zero-order valence-electron chi connectivity index (χ0n) is 13.7. The highest BCUT2D eigenvalue weighted by molar-refractivity contribution is 5.85. The minimum absolute atomic E-state index is 0.265. The van der Waals surface area contributed by atoms with Crippen molar-refractivity contribution in [2.75, 3.05) is 0 Å². The SMILES string of the molecule is CC(c1ccc(-c2ccccc2)cc1)c1nccc2ccccc12. The van der Waals surface area contributed by atoms with Crippen LogP contribution in [-0.2, 0) is 0 Å². The smallest absolute Gasteiger partial charge is 0.0553 e. The van der Waals surface area contributed by atoms with Crippen LogP contribution in [0.3, 0.4) is 0 Å². The molecule has 0 fully saturated rings. The molecule has 0 saturated heterocycles. The van der Waals surface area contributed by atoms with Crippen LogP contribution in [0.15, 0.2) is 91.1 Å². The molecule has 0 aliphatic heterocycles. The third-order valence-corrected chi connectivity index (χ3v) is 4.63. The summed E-state index contributed by atoms with van der Waals surface area (Å²) in [7, 11) is 0. The van der Waals surface area contributed by atoms with Crippen LogP contribution < -0.4 is 0 Å². The lowest BCUT2D eigenvalue weighted by atomic mass is 9.92. The van der Waals surface area contributed by atoms with E-state index in [1.165, 1.54) is 27.5 Å². The summed E-state index contributed by atoms with van der Waals surface area (Å²) in [5.74, 6) is 0.265. The number of pyridine rings is 1. The minimum atomic E-state index is 0.265. The number of fused-ring (bicyclic) bond motifs is 1. The van der Waals surface area contributed by atoms with E-state index >= 15 is 0 Å². The molecule has 3 aromatic carbocycles. The molecule has 4 rings (SSSR count). The van der Waals surface area contributed by atoms with E-state index in [0.717, 1.165) is 5.69 Å². The maximum absolute atomic E-state index is 4.66. The Morgan fingerprint density at radius 3 is 2.12 bits per heavy atom. The van der Waals surface area contributed by atoms with E-state index in [2.05, 4.69) is 90.8 Å². The van der Waals surface area contributed by atoms with Crippen LogP contribution in [0.25, 0.3) is 21.9 Å². The Morgan fingerprint density at radius 1 is 0.667 bits per heavy atom. The molecular formula is C23H19N. The summed E-state index contributed by atoms with van der Waals surface area (Å²) < 4.78 is 0. The van der Waals surface area contributed by atoms with E-state index in [1.807, 2.05) is 12.3 Å². The van der Waals surface area contributed by atoms with E-state index < -0.39 is 0 Å². The zero-order chi connectivity index (χ0) is 16.4. The molecule has 0 aliphatic carbocycles. The Labute approximate surface area is 142 Å². The van der Waals surface area contributed by atoms with Crippen LogP contribution in [0, 0.1) is 0 Å². The lowest BCUT2D eigenvalue weighted by Gasteiger charge is -2.14. The van der Waals surface area contributed by atoms with Gasteiger partial charge in [0.05, 0.1) is 5.69 Å². The lowest BCUT2D eigenvalue weighted by molar-refractivity contribution is 0.885. The highest BCUT2D eigenvalue weighted by Gasteiger charge is 2.13. The molecule has 1 aromatic heterocycles. The van der Waals surface area contributed by atoms with Gasteiger partial charge in [0.1, 0.15) is 0 Å². The number of benzene rings is 3. The zero-order valence-corrected chi connectivity index (χ0v) is 13.7. The van der Waals surface area contributed by atoms with Crippen molar-refractivity contribution in [1.29, 1.82) is 0 Å². The van der Waals surface area contributed by atoms with Crippen molar-refractivity contribution in [1.82, 2.24) is 4.98 Å². The Hall–Kier alpha value is -2.93. The van der Waals surface area contributed by atoms with Crippen LogP contribution >= 0.6 is 0 Å². The monoisotopic (exact) mass is 309 g/mol. The van der Waals surface area contributed by atoms with Gasteiger partial charge in [-0.15, -0.1) is 0 Å². The first-order valence-electron chi connectivity index (χ1n) is 8.32. The number of hydrogen-bond acceptors (Lipinski definition) is 1. The van der Waals surface area contributed by atoms with Gasteiger partial charge in [-0.25, -0.2) is 0 Å². The van der Waals surface area contributed by atoms with Crippen molar-refractivity contribution in [2.24, 2.45) is 0 Å². The normalized spacial score (nSPS) is 12.2. The summed E-state index contributed by atoms with van der Waals surface area (Å²) in [5.41, 5.74) is 4.93. The van der Waals surface area contributed by atoms with E-state index in [4.69, 9.17) is 0 Å². The second-order valence-corrected chi connectivity index (χ2v) is 6.13. The number of nitrogens with zero attached hydrogens (tertiary/aromatic N) is 1. The fourth-order valence-corrected chi connectivity index (χ4v) is 3.24. The number of aromatic nitrogens is 1. The molecule has 116 valence electrons. The van der Waals surface area contributed by atoms with Crippen molar-refractivity contribution < 1.29 is 0 Å². The molecule has 1 atom stereocenters. The maximum Gasteiger partial charge on any atom is 0.0553 e. The van der Waals surface area contributed by atoms with E-state index in [1.54, 1.807) is 0 Å². The first kappa shape index (κ1) is 14.6. The average molecular weight is 309 g/mol. The molecular weight excluding hydrogens is 290 g/mol. The van der Waals surface area contributed by atoms with Crippen LogP contribution in [0.2, 0.25) is 0 Å². The minimum Gasteiger partial charge on any atom is -0.260 e. The molecule has 1 heteroatoms.